The zero-order valence-electron chi connectivity index (χ0n) is 16.4. The third-order valence-corrected chi connectivity index (χ3v) is 4.99. The van der Waals surface area contributed by atoms with Crippen LogP contribution in [0.5, 0.6) is 11.5 Å². The molecule has 0 saturated heterocycles. The molecule has 0 bridgehead atoms. The van der Waals surface area contributed by atoms with E-state index in [0.29, 0.717) is 43.4 Å². The number of rotatable bonds is 8. The molecule has 1 aliphatic heterocycles. The highest BCUT2D eigenvalue weighted by atomic mass is 16.5. The monoisotopic (exact) mass is 387 g/mol. The number of fused-ring (bicyclic) bond motifs is 3. The van der Waals surface area contributed by atoms with Crippen molar-refractivity contribution >= 4 is 5.97 Å². The van der Waals surface area contributed by atoms with Gasteiger partial charge in [-0.05, 0) is 37.5 Å². The van der Waals surface area contributed by atoms with Gasteiger partial charge in [-0.25, -0.2) is 4.79 Å². The van der Waals surface area contributed by atoms with E-state index in [1.54, 1.807) is 7.11 Å². The summed E-state index contributed by atoms with van der Waals surface area (Å²) in [6, 6.07) is 5.26. The number of ether oxygens (including phenoxy) is 3. The smallest absolute Gasteiger partial charge is 0.341 e. The number of pyridine rings is 1. The number of carboxylic acid groups (broad SMARTS) is 1. The fourth-order valence-corrected chi connectivity index (χ4v) is 3.56. The second-order valence-corrected chi connectivity index (χ2v) is 6.62. The number of hydrogen-bond donors (Lipinski definition) is 1. The quantitative estimate of drug-likeness (QED) is 0.700. The van der Waals surface area contributed by atoms with Gasteiger partial charge in [0, 0.05) is 30.5 Å². The first-order valence-electron chi connectivity index (χ1n) is 9.41. The highest BCUT2D eigenvalue weighted by Gasteiger charge is 2.26. The number of hydrogen-bond acceptors (Lipinski definition) is 5. The molecule has 1 aromatic heterocycles. The van der Waals surface area contributed by atoms with Crippen molar-refractivity contribution in [1.82, 2.24) is 4.57 Å². The maximum atomic E-state index is 12.3. The molecule has 0 spiro atoms. The third-order valence-electron chi connectivity index (χ3n) is 4.99. The van der Waals surface area contributed by atoms with Crippen molar-refractivity contribution in [3.63, 3.8) is 0 Å². The molecule has 0 radical (unpaired) electrons. The van der Waals surface area contributed by atoms with E-state index >= 15 is 0 Å². The Balaban J connectivity index is 2.07. The summed E-state index contributed by atoms with van der Waals surface area (Å²) in [5.41, 5.74) is 1.88. The van der Waals surface area contributed by atoms with Gasteiger partial charge >= 0.3 is 5.97 Å². The predicted octanol–water partition coefficient (Wildman–Crippen LogP) is 3.14. The van der Waals surface area contributed by atoms with Crippen molar-refractivity contribution < 1.29 is 24.1 Å². The lowest BCUT2D eigenvalue weighted by molar-refractivity contribution is 0.0694. The number of aromatic carboxylic acids is 1. The average molecular weight is 387 g/mol. The van der Waals surface area contributed by atoms with Gasteiger partial charge in [-0.1, -0.05) is 6.92 Å². The van der Waals surface area contributed by atoms with Crippen LogP contribution in [0.15, 0.2) is 29.2 Å². The van der Waals surface area contributed by atoms with Gasteiger partial charge in [0.25, 0.3) is 0 Å². The highest BCUT2D eigenvalue weighted by Crippen LogP contribution is 2.41. The Morgan fingerprint density at radius 2 is 2.00 bits per heavy atom. The lowest BCUT2D eigenvalue weighted by Gasteiger charge is -2.31. The van der Waals surface area contributed by atoms with Crippen LogP contribution in [0.4, 0.5) is 0 Å². The van der Waals surface area contributed by atoms with Crippen LogP contribution in [0.1, 0.15) is 42.2 Å². The predicted molar refractivity (Wildman–Crippen MR) is 105 cm³/mol. The molecule has 3 rings (SSSR count). The molecule has 0 amide bonds. The molecule has 1 aliphatic rings. The van der Waals surface area contributed by atoms with Gasteiger partial charge in [0.2, 0.25) is 0 Å². The lowest BCUT2D eigenvalue weighted by atomic mass is 9.90. The Morgan fingerprint density at radius 3 is 2.64 bits per heavy atom. The van der Waals surface area contributed by atoms with Crippen LogP contribution >= 0.6 is 0 Å². The van der Waals surface area contributed by atoms with E-state index in [2.05, 4.69) is 0 Å². The summed E-state index contributed by atoms with van der Waals surface area (Å²) in [4.78, 5) is 23.7. The number of methoxy groups -OCH3 is 1. The van der Waals surface area contributed by atoms with Crippen molar-refractivity contribution in [2.45, 2.75) is 32.7 Å². The van der Waals surface area contributed by atoms with Crippen LogP contribution in [0.25, 0.3) is 11.3 Å². The normalized spacial score (nSPS) is 14.9. The Kier molecular flexibility index (Phi) is 6.04. The maximum Gasteiger partial charge on any atom is 0.341 e. The molecule has 0 aliphatic carbocycles. The fraction of sp³-hybridized carbons (Fsp3) is 0.429. The molecule has 28 heavy (non-hydrogen) atoms. The van der Waals surface area contributed by atoms with Crippen molar-refractivity contribution in [3.8, 4) is 22.8 Å². The van der Waals surface area contributed by atoms with Gasteiger partial charge in [0.1, 0.15) is 12.2 Å². The van der Waals surface area contributed by atoms with Crippen molar-refractivity contribution in [3.05, 3.63) is 45.7 Å². The SMILES string of the molecule is CCOCCOc1cc2c(cc1OC)-c1cc(=O)c(C(=O)O)cn1[C@@H](CC)C2. The van der Waals surface area contributed by atoms with Gasteiger partial charge in [-0.2, -0.15) is 0 Å². The highest BCUT2D eigenvalue weighted by molar-refractivity contribution is 5.87. The minimum Gasteiger partial charge on any atom is -0.493 e. The molecule has 1 aromatic carbocycles. The first-order valence-corrected chi connectivity index (χ1v) is 9.41. The molecule has 0 unspecified atom stereocenters. The van der Waals surface area contributed by atoms with E-state index in [1.165, 1.54) is 12.3 Å². The molecule has 1 N–H and O–H groups in total. The maximum absolute atomic E-state index is 12.3. The van der Waals surface area contributed by atoms with E-state index in [0.717, 1.165) is 17.5 Å². The second kappa shape index (κ2) is 8.48. The molecule has 2 heterocycles. The Bertz CT molecular complexity index is 933. The number of nitrogens with zero attached hydrogens (tertiary/aromatic N) is 1. The Morgan fingerprint density at radius 1 is 1.21 bits per heavy atom. The summed E-state index contributed by atoms with van der Waals surface area (Å²) >= 11 is 0. The van der Waals surface area contributed by atoms with Crippen LogP contribution in [-0.2, 0) is 11.2 Å². The summed E-state index contributed by atoms with van der Waals surface area (Å²) in [6.07, 6.45) is 2.98. The lowest BCUT2D eigenvalue weighted by Crippen LogP contribution is -2.25. The van der Waals surface area contributed by atoms with Gasteiger partial charge < -0.3 is 23.9 Å². The van der Waals surface area contributed by atoms with E-state index in [-0.39, 0.29) is 11.6 Å². The minimum atomic E-state index is -1.21. The van der Waals surface area contributed by atoms with Gasteiger partial charge in [0.05, 0.1) is 19.4 Å². The Labute approximate surface area is 163 Å². The van der Waals surface area contributed by atoms with E-state index < -0.39 is 11.4 Å². The van der Waals surface area contributed by atoms with Crippen LogP contribution in [0, 0.1) is 0 Å². The van der Waals surface area contributed by atoms with E-state index in [1.807, 2.05) is 30.5 Å². The standard InChI is InChI=1S/C21H25NO6/c1-4-14-8-13-9-20(28-7-6-27-5-2)19(26-3)10-15(13)17-11-18(23)16(21(24)25)12-22(14)17/h9-12,14H,4-8H2,1-3H3,(H,24,25)/t14-/m0/s1. The topological polar surface area (TPSA) is 87.0 Å². The van der Waals surface area contributed by atoms with Crippen molar-refractivity contribution in [1.29, 1.82) is 0 Å². The first-order chi connectivity index (χ1) is 13.5. The van der Waals surface area contributed by atoms with Crippen molar-refractivity contribution in [2.24, 2.45) is 0 Å². The molecule has 1 atom stereocenters. The zero-order valence-corrected chi connectivity index (χ0v) is 16.4. The van der Waals surface area contributed by atoms with Crippen LogP contribution in [-0.4, -0.2) is 42.6 Å². The van der Waals surface area contributed by atoms with Gasteiger partial charge in [-0.15, -0.1) is 0 Å². The first kappa shape index (κ1) is 19.9. The van der Waals surface area contributed by atoms with Crippen LogP contribution in [0.3, 0.4) is 0 Å². The molecule has 2 aromatic rings. The molecular weight excluding hydrogens is 362 g/mol. The summed E-state index contributed by atoms with van der Waals surface area (Å²) in [5, 5.41) is 9.30. The fourth-order valence-electron chi connectivity index (χ4n) is 3.56. The summed E-state index contributed by atoms with van der Waals surface area (Å²) < 4.78 is 18.5. The number of carboxylic acids is 1. The summed E-state index contributed by atoms with van der Waals surface area (Å²) in [7, 11) is 1.56. The van der Waals surface area contributed by atoms with Crippen molar-refractivity contribution in [2.75, 3.05) is 26.9 Å². The van der Waals surface area contributed by atoms with Crippen LogP contribution < -0.4 is 14.9 Å². The Hall–Kier alpha value is -2.80. The molecule has 0 fully saturated rings. The van der Waals surface area contributed by atoms with Gasteiger partial charge in [0.15, 0.2) is 16.9 Å². The molecule has 7 heteroatoms. The van der Waals surface area contributed by atoms with Gasteiger partial charge in [-0.3, -0.25) is 4.79 Å². The van der Waals surface area contributed by atoms with E-state index in [4.69, 9.17) is 14.2 Å². The molecular formula is C21H25NO6. The summed E-state index contributed by atoms with van der Waals surface area (Å²) in [5.74, 6) is -0.0168. The number of aromatic nitrogens is 1. The molecule has 7 nitrogen and oxygen atoms in total. The number of carbonyl (C=O) groups is 1. The van der Waals surface area contributed by atoms with E-state index in [9.17, 15) is 14.7 Å². The molecule has 150 valence electrons. The summed E-state index contributed by atoms with van der Waals surface area (Å²) in [6.45, 7) is 5.51. The van der Waals surface area contributed by atoms with Crippen LogP contribution in [0.2, 0.25) is 0 Å². The molecule has 0 saturated carbocycles. The largest absolute Gasteiger partial charge is 0.493 e. The number of benzene rings is 1. The zero-order chi connectivity index (χ0) is 20.3. The average Bonchev–Trinajstić information content (AvgIpc) is 2.69. The second-order valence-electron chi connectivity index (χ2n) is 6.62. The third kappa shape index (κ3) is 3.75. The minimum absolute atomic E-state index is 0.0610.